The smallest absolute Gasteiger partial charge is 0.142 e. The van der Waals surface area contributed by atoms with Gasteiger partial charge in [0.2, 0.25) is 0 Å². The van der Waals surface area contributed by atoms with Gasteiger partial charge in [-0.2, -0.15) is 0 Å². The molecular formula is C13H15N3O. The van der Waals surface area contributed by atoms with E-state index in [4.69, 9.17) is 16.2 Å². The van der Waals surface area contributed by atoms with Gasteiger partial charge >= 0.3 is 0 Å². The van der Waals surface area contributed by atoms with Gasteiger partial charge < -0.3 is 21.5 Å². The van der Waals surface area contributed by atoms with Crippen LogP contribution in [0.2, 0.25) is 0 Å². The Morgan fingerprint density at radius 1 is 1.00 bits per heavy atom. The molecule has 0 aliphatic carbocycles. The maximum atomic E-state index is 5.75. The third-order valence-electron chi connectivity index (χ3n) is 2.47. The quantitative estimate of drug-likeness (QED) is 0.707. The molecule has 5 N–H and O–H groups in total. The number of nitrogen functional groups attached to an aromatic ring is 2. The molecule has 0 heterocycles. The molecule has 0 bridgehead atoms. The Balaban J connectivity index is 2.28. The van der Waals surface area contributed by atoms with Crippen molar-refractivity contribution < 1.29 is 4.74 Å². The Hall–Kier alpha value is -2.36. The standard InChI is InChI=1S/C13H15N3O/c1-17-13-5-3-2-4-12(13)16-9-6-7-10(14)11(15)8-9/h2-8,16H,14-15H2,1H3. The lowest BCUT2D eigenvalue weighted by molar-refractivity contribution is 0.417. The molecule has 0 saturated heterocycles. The van der Waals surface area contributed by atoms with Crippen LogP contribution in [0.4, 0.5) is 22.7 Å². The number of hydrogen-bond donors (Lipinski definition) is 3. The highest BCUT2D eigenvalue weighted by atomic mass is 16.5. The van der Waals surface area contributed by atoms with Gasteiger partial charge in [0.1, 0.15) is 5.75 Å². The van der Waals surface area contributed by atoms with Crippen molar-refractivity contribution in [2.75, 3.05) is 23.9 Å². The van der Waals surface area contributed by atoms with Crippen molar-refractivity contribution >= 4 is 22.7 Å². The first-order chi connectivity index (χ1) is 8.20. The SMILES string of the molecule is COc1ccccc1Nc1ccc(N)c(N)c1. The van der Waals surface area contributed by atoms with Gasteiger partial charge in [-0.3, -0.25) is 0 Å². The van der Waals surface area contributed by atoms with E-state index in [2.05, 4.69) is 5.32 Å². The molecule has 0 aliphatic heterocycles. The summed E-state index contributed by atoms with van der Waals surface area (Å²) < 4.78 is 5.25. The third-order valence-corrected chi connectivity index (χ3v) is 2.47. The Bertz CT molecular complexity index is 526. The van der Waals surface area contributed by atoms with E-state index in [9.17, 15) is 0 Å². The fourth-order valence-electron chi connectivity index (χ4n) is 1.56. The van der Waals surface area contributed by atoms with Crippen LogP contribution in [-0.4, -0.2) is 7.11 Å². The van der Waals surface area contributed by atoms with Crippen LogP contribution >= 0.6 is 0 Å². The van der Waals surface area contributed by atoms with Crippen LogP contribution in [0.3, 0.4) is 0 Å². The molecule has 0 spiro atoms. The number of methoxy groups -OCH3 is 1. The van der Waals surface area contributed by atoms with Crippen molar-refractivity contribution in [2.24, 2.45) is 0 Å². The fourth-order valence-corrected chi connectivity index (χ4v) is 1.56. The maximum absolute atomic E-state index is 5.75. The van der Waals surface area contributed by atoms with E-state index < -0.39 is 0 Å². The van der Waals surface area contributed by atoms with E-state index in [0.717, 1.165) is 17.1 Å². The van der Waals surface area contributed by atoms with Gasteiger partial charge in [0.05, 0.1) is 24.2 Å². The molecule has 4 heteroatoms. The third kappa shape index (κ3) is 2.42. The summed E-state index contributed by atoms with van der Waals surface area (Å²) >= 11 is 0. The number of rotatable bonds is 3. The zero-order valence-corrected chi connectivity index (χ0v) is 9.60. The molecule has 17 heavy (non-hydrogen) atoms. The molecule has 0 aromatic heterocycles. The minimum absolute atomic E-state index is 0.560. The number of benzene rings is 2. The average Bonchev–Trinajstić information content (AvgIpc) is 2.34. The number of hydrogen-bond acceptors (Lipinski definition) is 4. The van der Waals surface area contributed by atoms with Crippen LogP contribution in [-0.2, 0) is 0 Å². The highest BCUT2D eigenvalue weighted by Gasteiger charge is 2.02. The van der Waals surface area contributed by atoms with E-state index in [1.165, 1.54) is 0 Å². The summed E-state index contributed by atoms with van der Waals surface area (Å²) in [5.41, 5.74) is 14.3. The maximum Gasteiger partial charge on any atom is 0.142 e. The fraction of sp³-hybridized carbons (Fsp3) is 0.0769. The molecule has 0 unspecified atom stereocenters. The molecule has 0 aliphatic rings. The van der Waals surface area contributed by atoms with E-state index in [0.29, 0.717) is 11.4 Å². The van der Waals surface area contributed by atoms with E-state index >= 15 is 0 Å². The summed E-state index contributed by atoms with van der Waals surface area (Å²) in [4.78, 5) is 0. The summed E-state index contributed by atoms with van der Waals surface area (Å²) in [5.74, 6) is 0.780. The Kier molecular flexibility index (Phi) is 3.05. The zero-order valence-electron chi connectivity index (χ0n) is 9.60. The summed E-state index contributed by atoms with van der Waals surface area (Å²) in [6, 6.07) is 13.1. The average molecular weight is 229 g/mol. The number of anilines is 4. The van der Waals surface area contributed by atoms with Gasteiger partial charge in [0, 0.05) is 5.69 Å². The van der Waals surface area contributed by atoms with Crippen molar-refractivity contribution in [3.8, 4) is 5.75 Å². The normalized spacial score (nSPS) is 9.94. The summed E-state index contributed by atoms with van der Waals surface area (Å²) in [5, 5.41) is 3.23. The summed E-state index contributed by atoms with van der Waals surface area (Å²) in [6.07, 6.45) is 0. The van der Waals surface area contributed by atoms with Crippen LogP contribution in [0, 0.1) is 0 Å². The molecule has 0 radical (unpaired) electrons. The first-order valence-corrected chi connectivity index (χ1v) is 5.26. The van der Waals surface area contributed by atoms with E-state index in [1.807, 2.05) is 30.3 Å². The highest BCUT2D eigenvalue weighted by Crippen LogP contribution is 2.28. The Morgan fingerprint density at radius 2 is 1.76 bits per heavy atom. The largest absolute Gasteiger partial charge is 0.495 e. The predicted octanol–water partition coefficient (Wildman–Crippen LogP) is 2.60. The number of para-hydroxylation sites is 2. The molecule has 0 amide bonds. The zero-order chi connectivity index (χ0) is 12.3. The van der Waals surface area contributed by atoms with Gasteiger partial charge in [0.15, 0.2) is 0 Å². The molecule has 0 saturated carbocycles. The van der Waals surface area contributed by atoms with E-state index in [-0.39, 0.29) is 0 Å². The second-order valence-corrected chi connectivity index (χ2v) is 3.67. The van der Waals surface area contributed by atoms with Crippen LogP contribution in [0.5, 0.6) is 5.75 Å². The van der Waals surface area contributed by atoms with Crippen molar-refractivity contribution in [3.05, 3.63) is 42.5 Å². The molecular weight excluding hydrogens is 214 g/mol. The first kappa shape index (κ1) is 11.1. The number of ether oxygens (including phenoxy) is 1. The van der Waals surface area contributed by atoms with E-state index in [1.54, 1.807) is 19.2 Å². The number of nitrogens with one attached hydrogen (secondary N) is 1. The molecule has 2 aromatic rings. The molecule has 2 aromatic carbocycles. The van der Waals surface area contributed by atoms with Crippen molar-refractivity contribution in [2.45, 2.75) is 0 Å². The lowest BCUT2D eigenvalue weighted by atomic mass is 10.2. The van der Waals surface area contributed by atoms with Gasteiger partial charge in [-0.1, -0.05) is 12.1 Å². The Labute approximate surface area is 100 Å². The van der Waals surface area contributed by atoms with Gasteiger partial charge in [-0.05, 0) is 30.3 Å². The van der Waals surface area contributed by atoms with Crippen LogP contribution in [0.1, 0.15) is 0 Å². The molecule has 2 rings (SSSR count). The van der Waals surface area contributed by atoms with Gasteiger partial charge in [0.25, 0.3) is 0 Å². The van der Waals surface area contributed by atoms with Crippen molar-refractivity contribution in [3.63, 3.8) is 0 Å². The van der Waals surface area contributed by atoms with Crippen LogP contribution in [0.25, 0.3) is 0 Å². The van der Waals surface area contributed by atoms with Crippen LogP contribution < -0.4 is 21.5 Å². The summed E-state index contributed by atoms with van der Waals surface area (Å²) in [6.45, 7) is 0. The predicted molar refractivity (Wildman–Crippen MR) is 71.5 cm³/mol. The minimum Gasteiger partial charge on any atom is -0.495 e. The first-order valence-electron chi connectivity index (χ1n) is 5.26. The monoisotopic (exact) mass is 229 g/mol. The van der Waals surface area contributed by atoms with Gasteiger partial charge in [-0.15, -0.1) is 0 Å². The minimum atomic E-state index is 0.560. The lowest BCUT2D eigenvalue weighted by Crippen LogP contribution is -1.98. The topological polar surface area (TPSA) is 73.3 Å². The number of nitrogens with two attached hydrogens (primary N) is 2. The lowest BCUT2D eigenvalue weighted by Gasteiger charge is -2.11. The second-order valence-electron chi connectivity index (χ2n) is 3.67. The molecule has 88 valence electrons. The second kappa shape index (κ2) is 4.65. The van der Waals surface area contributed by atoms with Crippen molar-refractivity contribution in [1.29, 1.82) is 0 Å². The summed E-state index contributed by atoms with van der Waals surface area (Å²) in [7, 11) is 1.64. The van der Waals surface area contributed by atoms with Crippen molar-refractivity contribution in [1.82, 2.24) is 0 Å². The molecule has 0 fully saturated rings. The highest BCUT2D eigenvalue weighted by molar-refractivity contribution is 5.74. The molecule has 0 atom stereocenters. The molecule has 4 nitrogen and oxygen atoms in total. The Morgan fingerprint density at radius 3 is 2.47 bits per heavy atom. The van der Waals surface area contributed by atoms with Crippen LogP contribution in [0.15, 0.2) is 42.5 Å². The van der Waals surface area contributed by atoms with Gasteiger partial charge in [-0.25, -0.2) is 0 Å².